The van der Waals surface area contributed by atoms with Crippen LogP contribution >= 0.6 is 0 Å². The van der Waals surface area contributed by atoms with Crippen LogP contribution in [0.2, 0.25) is 0 Å². The fourth-order valence-corrected chi connectivity index (χ4v) is 10.5. The average Bonchev–Trinajstić information content (AvgIpc) is 3.39. The van der Waals surface area contributed by atoms with Crippen LogP contribution in [0.4, 0.5) is 0 Å². The smallest absolute Gasteiger partial charge is 0.229 e. The minimum atomic E-state index is -0.458. The number of piperidine rings is 1. The van der Waals surface area contributed by atoms with E-state index in [1.54, 1.807) is 14.2 Å². The van der Waals surface area contributed by atoms with Crippen LogP contribution in [-0.4, -0.2) is 58.2 Å². The second-order valence-corrected chi connectivity index (χ2v) is 19.7. The number of aromatic nitrogens is 4. The first-order valence-corrected chi connectivity index (χ1v) is 26.0. The Bertz CT molecular complexity index is 2730. The van der Waals surface area contributed by atoms with Gasteiger partial charge in [-0.05, 0) is 104 Å². The Labute approximate surface area is 418 Å². The Kier molecular flexibility index (Phi) is 18.2. The number of methoxy groups -OCH3 is 2. The van der Waals surface area contributed by atoms with E-state index in [-0.39, 0.29) is 12.0 Å². The molecule has 0 saturated carbocycles. The molecule has 0 bridgehead atoms. The van der Waals surface area contributed by atoms with Gasteiger partial charge < -0.3 is 18.9 Å². The van der Waals surface area contributed by atoms with E-state index in [4.69, 9.17) is 33.9 Å². The van der Waals surface area contributed by atoms with Crippen molar-refractivity contribution in [1.29, 1.82) is 0 Å². The molecule has 4 aromatic carbocycles. The van der Waals surface area contributed by atoms with Crippen LogP contribution in [0.1, 0.15) is 124 Å². The van der Waals surface area contributed by atoms with Crippen LogP contribution in [0, 0.1) is 29.6 Å². The van der Waals surface area contributed by atoms with Crippen LogP contribution in [0.25, 0.3) is 44.3 Å². The Morgan fingerprint density at radius 2 is 1.17 bits per heavy atom. The predicted molar refractivity (Wildman–Crippen MR) is 288 cm³/mol. The van der Waals surface area contributed by atoms with Crippen molar-refractivity contribution >= 4 is 21.8 Å². The third kappa shape index (κ3) is 12.1. The van der Waals surface area contributed by atoms with Gasteiger partial charge in [0, 0.05) is 52.4 Å². The zero-order valence-electron chi connectivity index (χ0n) is 43.7. The molecule has 6 atom stereocenters. The Morgan fingerprint density at radius 1 is 0.643 bits per heavy atom. The first kappa shape index (κ1) is 51.8. The number of pyridine rings is 2. The maximum atomic E-state index is 7.56. The number of likely N-dealkylation sites (tertiary alicyclic amines) is 1. The van der Waals surface area contributed by atoms with Crippen molar-refractivity contribution < 1.29 is 18.9 Å². The number of benzene rings is 4. The molecular formula is C61H77N5O4. The summed E-state index contributed by atoms with van der Waals surface area (Å²) in [6, 6.07) is 36.3. The number of nitrogens with zero attached hydrogens (tertiary/aromatic N) is 5. The molecule has 0 amide bonds. The van der Waals surface area contributed by atoms with Crippen LogP contribution < -0.4 is 18.9 Å². The maximum absolute atomic E-state index is 7.56. The van der Waals surface area contributed by atoms with E-state index < -0.39 is 12.2 Å². The maximum Gasteiger partial charge on any atom is 0.229 e. The van der Waals surface area contributed by atoms with Gasteiger partial charge in [-0.1, -0.05) is 148 Å². The average molecular weight is 944 g/mol. The third-order valence-corrected chi connectivity index (χ3v) is 14.9. The molecular weight excluding hydrogens is 867 g/mol. The number of rotatable bonds is 19. The highest BCUT2D eigenvalue weighted by atomic mass is 16.5. The summed E-state index contributed by atoms with van der Waals surface area (Å²) < 4.78 is 26.3. The fourth-order valence-electron chi connectivity index (χ4n) is 10.5. The summed E-state index contributed by atoms with van der Waals surface area (Å²) in [5.41, 5.74) is 6.15. The predicted octanol–water partition coefficient (Wildman–Crippen LogP) is 15.4. The molecule has 70 heavy (non-hydrogen) atoms. The molecule has 0 N–H and O–H groups in total. The molecule has 9 heteroatoms. The highest BCUT2D eigenvalue weighted by molar-refractivity contribution is 5.85. The lowest BCUT2D eigenvalue weighted by Crippen LogP contribution is -2.47. The van der Waals surface area contributed by atoms with Gasteiger partial charge in [-0.2, -0.15) is 9.97 Å². The van der Waals surface area contributed by atoms with E-state index in [0.29, 0.717) is 35.0 Å². The van der Waals surface area contributed by atoms with Crippen molar-refractivity contribution in [1.82, 2.24) is 24.8 Å². The lowest BCUT2D eigenvalue weighted by atomic mass is 9.84. The third-order valence-electron chi connectivity index (χ3n) is 14.9. The summed E-state index contributed by atoms with van der Waals surface area (Å²) in [5.74, 6) is 6.11. The molecule has 3 aromatic heterocycles. The zero-order chi connectivity index (χ0) is 49.7. The molecule has 1 fully saturated rings. The number of fused-ring (bicyclic) bond motifs is 2. The standard InChI is InChI=1S/C51H55N5O4.C10H22/c1-8-35-31-56(28-25-33(35)4)34(5)48(41-24-27-53-45-22-20-39(58-7)30-43(41)45)60-51-46(36-15-11-9-12-16-36)50(54-49(55-51)37-17-13-10-14-18-37)59-47(32(2)3)40-23-26-52-44-21-19-38(57-6)29-42(40)44;1-5-8-9(4)10(6-2)7-3/h9-24,26-27,29-30,32-35,47-48H,8,25,28,31H2,1-7H3;9-10H,5-8H2,1-4H3. The summed E-state index contributed by atoms with van der Waals surface area (Å²) >= 11 is 0. The van der Waals surface area contributed by atoms with E-state index in [0.717, 1.165) is 93.3 Å². The largest absolute Gasteiger partial charge is 0.497 e. The first-order valence-electron chi connectivity index (χ1n) is 26.0. The minimum absolute atomic E-state index is 0.0342. The zero-order valence-corrected chi connectivity index (χ0v) is 43.7. The van der Waals surface area contributed by atoms with Gasteiger partial charge in [0.25, 0.3) is 0 Å². The first-order chi connectivity index (χ1) is 34.0. The molecule has 4 heterocycles. The van der Waals surface area contributed by atoms with Gasteiger partial charge in [0.2, 0.25) is 11.8 Å². The number of hydrogen-bond acceptors (Lipinski definition) is 9. The summed E-state index contributed by atoms with van der Waals surface area (Å²) in [5, 5.41) is 1.93. The lowest BCUT2D eigenvalue weighted by Gasteiger charge is -2.42. The van der Waals surface area contributed by atoms with Gasteiger partial charge in [-0.3, -0.25) is 14.9 Å². The summed E-state index contributed by atoms with van der Waals surface area (Å²) in [4.78, 5) is 22.7. The van der Waals surface area contributed by atoms with Gasteiger partial charge in [-0.15, -0.1) is 0 Å². The van der Waals surface area contributed by atoms with Crippen LogP contribution in [0.3, 0.4) is 0 Å². The lowest BCUT2D eigenvalue weighted by molar-refractivity contribution is 0.0279. The molecule has 9 nitrogen and oxygen atoms in total. The van der Waals surface area contributed by atoms with Crippen molar-refractivity contribution in [2.24, 2.45) is 29.6 Å². The molecule has 8 rings (SSSR count). The number of hydrogen-bond donors (Lipinski definition) is 0. The Morgan fingerprint density at radius 3 is 1.67 bits per heavy atom. The van der Waals surface area contributed by atoms with Crippen molar-refractivity contribution in [2.45, 2.75) is 119 Å². The summed E-state index contributed by atoms with van der Waals surface area (Å²) in [6.07, 6.45) is 10.6. The SMILES string of the molecule is CCC1CN(C(C)C(Oc2nc(-c3ccccc3)nc(OC(c3ccnc4ccc(OC)cc34)C(C)C)c2-c2ccccc2)c2ccnc3ccc(OC)cc23)CCC1C.CCCC(C)C(CC)CC. The summed E-state index contributed by atoms with van der Waals surface area (Å²) in [7, 11) is 3.38. The fraction of sp³-hybridized carbons (Fsp3) is 0.443. The van der Waals surface area contributed by atoms with Gasteiger partial charge in [0.15, 0.2) is 5.82 Å². The molecule has 1 aliphatic heterocycles. The minimum Gasteiger partial charge on any atom is -0.497 e. The van der Waals surface area contributed by atoms with E-state index >= 15 is 0 Å². The normalized spacial score (nSPS) is 16.9. The Hall–Kier alpha value is -6.06. The molecule has 1 aliphatic rings. The number of ether oxygens (including phenoxy) is 4. The molecule has 6 unspecified atom stereocenters. The Balaban J connectivity index is 0.000000651. The van der Waals surface area contributed by atoms with E-state index in [1.165, 1.54) is 25.7 Å². The van der Waals surface area contributed by atoms with Crippen LogP contribution in [0.15, 0.2) is 122 Å². The topological polar surface area (TPSA) is 91.7 Å². The van der Waals surface area contributed by atoms with Gasteiger partial charge in [0.05, 0.1) is 25.3 Å². The van der Waals surface area contributed by atoms with Crippen molar-refractivity contribution in [2.75, 3.05) is 27.3 Å². The molecule has 7 aromatic rings. The van der Waals surface area contributed by atoms with E-state index in [9.17, 15) is 0 Å². The van der Waals surface area contributed by atoms with Crippen LogP contribution in [0.5, 0.6) is 23.3 Å². The molecule has 0 aliphatic carbocycles. The van der Waals surface area contributed by atoms with Gasteiger partial charge in [0.1, 0.15) is 29.3 Å². The van der Waals surface area contributed by atoms with Crippen molar-refractivity contribution in [3.8, 4) is 45.8 Å². The van der Waals surface area contributed by atoms with E-state index in [2.05, 4.69) is 96.5 Å². The van der Waals surface area contributed by atoms with Gasteiger partial charge in [-0.25, -0.2) is 0 Å². The van der Waals surface area contributed by atoms with Crippen molar-refractivity contribution in [3.63, 3.8) is 0 Å². The molecule has 0 spiro atoms. The van der Waals surface area contributed by atoms with Crippen LogP contribution in [-0.2, 0) is 0 Å². The monoisotopic (exact) mass is 944 g/mol. The molecule has 0 radical (unpaired) electrons. The van der Waals surface area contributed by atoms with Crippen molar-refractivity contribution in [3.05, 3.63) is 133 Å². The highest BCUT2D eigenvalue weighted by Crippen LogP contribution is 2.45. The molecule has 1 saturated heterocycles. The second-order valence-electron chi connectivity index (χ2n) is 19.7. The highest BCUT2D eigenvalue weighted by Gasteiger charge is 2.36. The van der Waals surface area contributed by atoms with Gasteiger partial charge >= 0.3 is 0 Å². The second kappa shape index (κ2) is 24.7. The molecule has 370 valence electrons. The van der Waals surface area contributed by atoms with E-state index in [1.807, 2.05) is 97.3 Å². The summed E-state index contributed by atoms with van der Waals surface area (Å²) in [6.45, 7) is 22.6. The quantitative estimate of drug-likeness (QED) is 0.0786.